The third-order valence-electron chi connectivity index (χ3n) is 7.18. The topological polar surface area (TPSA) is 74.2 Å². The summed E-state index contributed by atoms with van der Waals surface area (Å²) >= 11 is 0. The predicted molar refractivity (Wildman–Crippen MR) is 138 cm³/mol. The van der Waals surface area contributed by atoms with Crippen LogP contribution in [0.3, 0.4) is 0 Å². The zero-order valence-corrected chi connectivity index (χ0v) is 21.5. The Labute approximate surface area is 209 Å². The molecule has 1 aromatic heterocycles. The molecule has 0 bridgehead atoms. The van der Waals surface area contributed by atoms with Crippen molar-refractivity contribution >= 4 is 5.95 Å². The number of rotatable bonds is 10. The van der Waals surface area contributed by atoms with Gasteiger partial charge in [-0.15, -0.1) is 0 Å². The molecule has 8 nitrogen and oxygen atoms in total. The lowest BCUT2D eigenvalue weighted by atomic mass is 9.92. The highest BCUT2D eigenvalue weighted by Crippen LogP contribution is 2.30. The first-order chi connectivity index (χ1) is 16.9. The van der Waals surface area contributed by atoms with Gasteiger partial charge < -0.3 is 19.5 Å². The number of likely N-dealkylation sites (tertiary alicyclic amines) is 1. The van der Waals surface area contributed by atoms with Crippen molar-refractivity contribution < 1.29 is 14.6 Å². The smallest absolute Gasteiger partial charge is 0.225 e. The van der Waals surface area contributed by atoms with E-state index in [-0.39, 0.29) is 0 Å². The van der Waals surface area contributed by atoms with Crippen LogP contribution in [-0.2, 0) is 6.54 Å². The number of aromatic nitrogens is 2. The van der Waals surface area contributed by atoms with Crippen molar-refractivity contribution in [1.82, 2.24) is 19.8 Å². The molecule has 3 heterocycles. The molecule has 0 saturated carbocycles. The van der Waals surface area contributed by atoms with Crippen molar-refractivity contribution in [2.45, 2.75) is 44.8 Å². The molecule has 1 aromatic carbocycles. The van der Waals surface area contributed by atoms with Crippen molar-refractivity contribution in [2.75, 3.05) is 64.9 Å². The Kier molecular flexibility index (Phi) is 8.81. The number of anilines is 1. The quantitative estimate of drug-likeness (QED) is 0.553. The molecule has 8 heteroatoms. The van der Waals surface area contributed by atoms with E-state index in [9.17, 15) is 5.11 Å². The first-order valence-electron chi connectivity index (χ1n) is 12.9. The predicted octanol–water partition coefficient (Wildman–Crippen LogP) is 3.06. The fourth-order valence-electron chi connectivity index (χ4n) is 5.24. The van der Waals surface area contributed by atoms with Gasteiger partial charge in [0.2, 0.25) is 5.95 Å². The number of nitrogens with zero attached hydrogens (tertiary/aromatic N) is 5. The van der Waals surface area contributed by atoms with E-state index in [1.165, 1.54) is 12.8 Å². The number of likely N-dealkylation sites (N-methyl/N-ethyl adjacent to an activating group) is 1. The molecule has 192 valence electrons. The molecule has 2 aliphatic heterocycles. The molecule has 2 aliphatic rings. The molecular formula is C27H41N5O3. The first-order valence-corrected chi connectivity index (χ1v) is 12.9. The molecule has 0 unspecified atom stereocenters. The van der Waals surface area contributed by atoms with E-state index in [2.05, 4.69) is 37.7 Å². The Bertz CT molecular complexity index is 922. The fraction of sp³-hybridized carbons (Fsp3) is 0.630. The third kappa shape index (κ3) is 7.29. The maximum absolute atomic E-state index is 11.3. The van der Waals surface area contributed by atoms with E-state index < -0.39 is 5.60 Å². The van der Waals surface area contributed by atoms with Gasteiger partial charge in [-0.25, -0.2) is 9.97 Å². The van der Waals surface area contributed by atoms with E-state index in [0.717, 1.165) is 62.0 Å². The lowest BCUT2D eigenvalue weighted by molar-refractivity contribution is -0.00367. The van der Waals surface area contributed by atoms with Gasteiger partial charge in [0.1, 0.15) is 6.61 Å². The summed E-state index contributed by atoms with van der Waals surface area (Å²) in [6, 6.07) is 7.95. The minimum Gasteiger partial charge on any atom is -0.493 e. The Hall–Kier alpha value is -2.42. The van der Waals surface area contributed by atoms with Gasteiger partial charge in [0.15, 0.2) is 11.5 Å². The summed E-state index contributed by atoms with van der Waals surface area (Å²) in [5.41, 5.74) is 0.329. The molecule has 2 aromatic rings. The Balaban J connectivity index is 1.28. The van der Waals surface area contributed by atoms with Crippen LogP contribution in [0.4, 0.5) is 5.95 Å². The lowest BCUT2D eigenvalue weighted by Gasteiger charge is -2.41. The van der Waals surface area contributed by atoms with Crippen LogP contribution >= 0.6 is 0 Å². The number of methoxy groups -OCH3 is 1. The second-order valence-electron chi connectivity index (χ2n) is 10.3. The van der Waals surface area contributed by atoms with Gasteiger partial charge >= 0.3 is 0 Å². The number of aliphatic hydroxyl groups is 1. The van der Waals surface area contributed by atoms with Crippen molar-refractivity contribution in [3.8, 4) is 11.5 Å². The molecule has 0 radical (unpaired) electrons. The van der Waals surface area contributed by atoms with Crippen molar-refractivity contribution in [3.05, 3.63) is 42.2 Å². The third-order valence-corrected chi connectivity index (χ3v) is 7.18. The van der Waals surface area contributed by atoms with Gasteiger partial charge in [0.25, 0.3) is 0 Å². The average Bonchev–Trinajstić information content (AvgIpc) is 2.86. The Morgan fingerprint density at radius 3 is 2.66 bits per heavy atom. The van der Waals surface area contributed by atoms with Gasteiger partial charge in [-0.05, 0) is 75.5 Å². The molecule has 0 spiro atoms. The summed E-state index contributed by atoms with van der Waals surface area (Å²) in [5.74, 6) is 3.07. The summed E-state index contributed by atoms with van der Waals surface area (Å²) in [6.07, 6.45) is 7.73. The molecule has 1 N–H and O–H groups in total. The number of ether oxygens (including phenoxy) is 2. The van der Waals surface area contributed by atoms with Crippen LogP contribution in [0.25, 0.3) is 0 Å². The Morgan fingerprint density at radius 1 is 1.14 bits per heavy atom. The van der Waals surface area contributed by atoms with Gasteiger partial charge in [0, 0.05) is 38.6 Å². The normalized spacial score (nSPS) is 21.9. The lowest BCUT2D eigenvalue weighted by Crippen LogP contribution is -2.54. The van der Waals surface area contributed by atoms with Gasteiger partial charge in [-0.1, -0.05) is 13.0 Å². The summed E-state index contributed by atoms with van der Waals surface area (Å²) < 4.78 is 11.7. The molecular weight excluding hydrogens is 442 g/mol. The van der Waals surface area contributed by atoms with Crippen LogP contribution in [0.1, 0.15) is 38.2 Å². The largest absolute Gasteiger partial charge is 0.493 e. The highest BCUT2D eigenvalue weighted by Gasteiger charge is 2.35. The van der Waals surface area contributed by atoms with Crippen LogP contribution in [0.2, 0.25) is 0 Å². The molecule has 0 aliphatic carbocycles. The van der Waals surface area contributed by atoms with Gasteiger partial charge in [-0.3, -0.25) is 9.80 Å². The number of piperidine rings is 2. The van der Waals surface area contributed by atoms with Crippen LogP contribution in [0.15, 0.2) is 36.7 Å². The van der Waals surface area contributed by atoms with Crippen LogP contribution < -0.4 is 14.4 Å². The standard InChI is InChI=1S/C27H41N5O3/c1-22-8-14-31(15-9-22)16-17-35-24-7-6-23(18-25(24)34-3)19-30(2)20-27(33)10-4-13-32(21-27)26-28-11-5-12-29-26/h5-7,11-12,18,22,33H,4,8-10,13-17,19-21H2,1-3H3/t27-/m0/s1. The van der Waals surface area contributed by atoms with Crippen molar-refractivity contribution in [3.63, 3.8) is 0 Å². The zero-order valence-electron chi connectivity index (χ0n) is 21.5. The van der Waals surface area contributed by atoms with Gasteiger partial charge in [-0.2, -0.15) is 0 Å². The summed E-state index contributed by atoms with van der Waals surface area (Å²) in [4.78, 5) is 15.4. The van der Waals surface area contributed by atoms with Crippen molar-refractivity contribution in [1.29, 1.82) is 0 Å². The zero-order chi connectivity index (χ0) is 24.7. The molecule has 4 rings (SSSR count). The number of hydrogen-bond donors (Lipinski definition) is 1. The van der Waals surface area contributed by atoms with E-state index in [1.54, 1.807) is 19.5 Å². The van der Waals surface area contributed by atoms with E-state index >= 15 is 0 Å². The monoisotopic (exact) mass is 483 g/mol. The van der Waals surface area contributed by atoms with E-state index in [0.29, 0.717) is 32.2 Å². The summed E-state index contributed by atoms with van der Waals surface area (Å²) in [5, 5.41) is 11.3. The molecule has 2 saturated heterocycles. The number of hydrogen-bond acceptors (Lipinski definition) is 8. The maximum atomic E-state index is 11.3. The SMILES string of the molecule is COc1cc(CN(C)C[C@@]2(O)CCCN(c3ncccn3)C2)ccc1OCCN1CCC(C)CC1. The van der Waals surface area contributed by atoms with Crippen molar-refractivity contribution in [2.24, 2.45) is 5.92 Å². The maximum Gasteiger partial charge on any atom is 0.225 e. The fourth-order valence-corrected chi connectivity index (χ4v) is 5.24. The highest BCUT2D eigenvalue weighted by atomic mass is 16.5. The molecule has 2 fully saturated rings. The number of benzene rings is 1. The van der Waals surface area contributed by atoms with Crippen LogP contribution in [0.5, 0.6) is 11.5 Å². The highest BCUT2D eigenvalue weighted by molar-refractivity contribution is 5.43. The second-order valence-corrected chi connectivity index (χ2v) is 10.3. The minimum absolute atomic E-state index is 0.535. The average molecular weight is 484 g/mol. The van der Waals surface area contributed by atoms with E-state index in [1.807, 2.05) is 25.2 Å². The second kappa shape index (κ2) is 12.0. The van der Waals surface area contributed by atoms with E-state index in [4.69, 9.17) is 9.47 Å². The number of β-amino-alcohol motifs (C(OH)–C–C–N with tert-alkyl or cyclic N) is 1. The molecule has 0 amide bonds. The van der Waals surface area contributed by atoms with Gasteiger partial charge in [0.05, 0.1) is 19.3 Å². The summed E-state index contributed by atoms with van der Waals surface area (Å²) in [6.45, 7) is 8.96. The molecule has 1 atom stereocenters. The first kappa shape index (κ1) is 25.7. The van der Waals surface area contributed by atoms with Crippen LogP contribution in [-0.4, -0.2) is 90.5 Å². The van der Waals surface area contributed by atoms with Crippen LogP contribution in [0, 0.1) is 5.92 Å². The molecule has 35 heavy (non-hydrogen) atoms. The summed E-state index contributed by atoms with van der Waals surface area (Å²) in [7, 11) is 3.74. The Morgan fingerprint density at radius 2 is 1.91 bits per heavy atom. The minimum atomic E-state index is -0.800.